The highest BCUT2D eigenvalue weighted by Gasteiger charge is 2.23. The maximum Gasteiger partial charge on any atom is 0.338 e. The Bertz CT molecular complexity index is 1610. The van der Waals surface area contributed by atoms with Crippen molar-refractivity contribution >= 4 is 44.5 Å². The number of anilines is 1. The van der Waals surface area contributed by atoms with Gasteiger partial charge in [0.15, 0.2) is 6.10 Å². The number of aromatic amines is 1. The number of imidazole rings is 1. The number of ether oxygens (including phenoxy) is 1. The van der Waals surface area contributed by atoms with Gasteiger partial charge in [-0.3, -0.25) is 9.59 Å². The van der Waals surface area contributed by atoms with Gasteiger partial charge in [0, 0.05) is 18.2 Å². The lowest BCUT2D eigenvalue weighted by Gasteiger charge is -2.16. The summed E-state index contributed by atoms with van der Waals surface area (Å²) >= 11 is 0. The lowest BCUT2D eigenvalue weighted by Crippen LogP contribution is -2.32. The molecule has 0 spiro atoms. The summed E-state index contributed by atoms with van der Waals surface area (Å²) in [5, 5.41) is 2.61. The van der Waals surface area contributed by atoms with Gasteiger partial charge in [-0.25, -0.2) is 22.9 Å². The van der Waals surface area contributed by atoms with Crippen LogP contribution in [0.25, 0.3) is 22.4 Å². The topological polar surface area (TPSA) is 147 Å². The third kappa shape index (κ3) is 6.06. The van der Waals surface area contributed by atoms with Gasteiger partial charge in [-0.15, -0.1) is 0 Å². The quantitative estimate of drug-likeness (QED) is 0.290. The standard InChI is InChI=1S/C27H26N4O6S/c1-4-24(26(33)28-20-10-12-21(13-11-20)38(35,36)31-17(3)32)37-27(34)19-9-14-22-23(15-19)30-25(29-22)18-7-5-16(2)6-8-18/h5-15,24H,4H2,1-3H3,(H,28,33)(H,29,30)(H,31,32). The van der Waals surface area contributed by atoms with Crippen molar-refractivity contribution in [3.05, 3.63) is 77.9 Å². The number of rotatable bonds is 8. The first-order valence-corrected chi connectivity index (χ1v) is 13.3. The number of nitrogens with zero attached hydrogens (tertiary/aromatic N) is 1. The van der Waals surface area contributed by atoms with Crippen LogP contribution in [-0.2, 0) is 24.3 Å². The van der Waals surface area contributed by atoms with Gasteiger partial charge in [-0.05, 0) is 55.8 Å². The van der Waals surface area contributed by atoms with Crippen molar-refractivity contribution in [3.63, 3.8) is 0 Å². The van der Waals surface area contributed by atoms with E-state index < -0.39 is 33.9 Å². The number of aromatic nitrogens is 2. The fourth-order valence-corrected chi connectivity index (χ4v) is 4.68. The molecule has 10 nitrogen and oxygen atoms in total. The van der Waals surface area contributed by atoms with Crippen molar-refractivity contribution in [2.24, 2.45) is 0 Å². The van der Waals surface area contributed by atoms with E-state index >= 15 is 0 Å². The molecular weight excluding hydrogens is 508 g/mol. The Labute approximate surface area is 219 Å². The van der Waals surface area contributed by atoms with Gasteiger partial charge in [0.25, 0.3) is 15.9 Å². The number of aryl methyl sites for hydroxylation is 1. The summed E-state index contributed by atoms with van der Waals surface area (Å²) in [6, 6.07) is 18.1. The van der Waals surface area contributed by atoms with Gasteiger partial charge >= 0.3 is 5.97 Å². The summed E-state index contributed by atoms with van der Waals surface area (Å²) in [5.74, 6) is -1.28. The third-order valence-corrected chi connectivity index (χ3v) is 7.11. The van der Waals surface area contributed by atoms with Gasteiger partial charge in [0.05, 0.1) is 21.5 Å². The number of carbonyl (C=O) groups is 3. The van der Waals surface area contributed by atoms with Gasteiger partial charge in [-0.1, -0.05) is 36.8 Å². The second-order valence-corrected chi connectivity index (χ2v) is 10.3. The number of hydrogen-bond donors (Lipinski definition) is 3. The minimum absolute atomic E-state index is 0.135. The molecule has 3 N–H and O–H groups in total. The van der Waals surface area contributed by atoms with E-state index in [1.54, 1.807) is 25.1 Å². The lowest BCUT2D eigenvalue weighted by molar-refractivity contribution is -0.124. The summed E-state index contributed by atoms with van der Waals surface area (Å²) in [5.41, 5.74) is 3.95. The second kappa shape index (κ2) is 10.9. The van der Waals surface area contributed by atoms with Gasteiger partial charge in [0.2, 0.25) is 5.91 Å². The maximum atomic E-state index is 12.8. The molecule has 0 aliphatic heterocycles. The molecule has 196 valence electrons. The zero-order chi connectivity index (χ0) is 27.4. The first-order valence-electron chi connectivity index (χ1n) is 11.8. The molecule has 2 amide bonds. The highest BCUT2D eigenvalue weighted by molar-refractivity contribution is 7.90. The zero-order valence-electron chi connectivity index (χ0n) is 20.9. The number of nitrogens with one attached hydrogen (secondary N) is 3. The summed E-state index contributed by atoms with van der Waals surface area (Å²) in [7, 11) is -3.99. The van der Waals surface area contributed by atoms with E-state index in [2.05, 4.69) is 15.3 Å². The molecule has 1 aromatic heterocycles. The molecule has 0 fully saturated rings. The average Bonchev–Trinajstić information content (AvgIpc) is 3.30. The summed E-state index contributed by atoms with van der Waals surface area (Å²) < 4.78 is 31.5. The summed E-state index contributed by atoms with van der Waals surface area (Å²) in [6.45, 7) is 4.80. The maximum absolute atomic E-state index is 12.8. The Morgan fingerprint density at radius 2 is 1.68 bits per heavy atom. The molecule has 0 aliphatic rings. The van der Waals surface area contributed by atoms with Crippen molar-refractivity contribution in [2.45, 2.75) is 38.2 Å². The Balaban J connectivity index is 1.43. The molecule has 4 aromatic rings. The minimum Gasteiger partial charge on any atom is -0.449 e. The fourth-order valence-electron chi connectivity index (χ4n) is 3.69. The Hall–Kier alpha value is -4.51. The first kappa shape index (κ1) is 26.6. The zero-order valence-corrected chi connectivity index (χ0v) is 21.8. The molecule has 0 radical (unpaired) electrons. The van der Waals surface area contributed by atoms with Crippen molar-refractivity contribution in [3.8, 4) is 11.4 Å². The van der Waals surface area contributed by atoms with Gasteiger partial charge < -0.3 is 15.0 Å². The predicted octanol–water partition coefficient (Wildman–Crippen LogP) is 3.94. The monoisotopic (exact) mass is 534 g/mol. The smallest absolute Gasteiger partial charge is 0.338 e. The Morgan fingerprint density at radius 1 is 1.00 bits per heavy atom. The van der Waals surface area contributed by atoms with Crippen LogP contribution in [0.4, 0.5) is 5.69 Å². The average molecular weight is 535 g/mol. The number of carbonyl (C=O) groups excluding carboxylic acids is 3. The molecule has 0 saturated carbocycles. The molecular formula is C27H26N4O6S. The van der Waals surface area contributed by atoms with Crippen LogP contribution in [0.1, 0.15) is 36.2 Å². The lowest BCUT2D eigenvalue weighted by atomic mass is 10.1. The third-order valence-electron chi connectivity index (χ3n) is 5.67. The summed E-state index contributed by atoms with van der Waals surface area (Å²) in [6.07, 6.45) is -0.859. The van der Waals surface area contributed by atoms with Crippen LogP contribution in [-0.4, -0.2) is 42.3 Å². The summed E-state index contributed by atoms with van der Waals surface area (Å²) in [4.78, 5) is 44.3. The van der Waals surface area contributed by atoms with Crippen LogP contribution in [0, 0.1) is 6.92 Å². The molecule has 0 saturated heterocycles. The molecule has 38 heavy (non-hydrogen) atoms. The largest absolute Gasteiger partial charge is 0.449 e. The number of fused-ring (bicyclic) bond motifs is 1. The van der Waals surface area contributed by atoms with Crippen LogP contribution in [0.3, 0.4) is 0 Å². The van der Waals surface area contributed by atoms with E-state index in [1.807, 2.05) is 35.9 Å². The molecule has 1 heterocycles. The van der Waals surface area contributed by atoms with Gasteiger partial charge in [-0.2, -0.15) is 0 Å². The molecule has 4 rings (SSSR count). The second-order valence-electron chi connectivity index (χ2n) is 8.66. The number of sulfonamides is 1. The van der Waals surface area contributed by atoms with Crippen LogP contribution < -0.4 is 10.0 Å². The molecule has 0 bridgehead atoms. The molecule has 1 atom stereocenters. The Kier molecular flexibility index (Phi) is 7.58. The van der Waals surface area contributed by atoms with Crippen molar-refractivity contribution in [1.82, 2.24) is 14.7 Å². The molecule has 0 aliphatic carbocycles. The number of amides is 2. The number of benzene rings is 3. The van der Waals surface area contributed by atoms with Crippen LogP contribution in [0.15, 0.2) is 71.6 Å². The highest BCUT2D eigenvalue weighted by atomic mass is 32.2. The molecule has 1 unspecified atom stereocenters. The number of hydrogen-bond acceptors (Lipinski definition) is 7. The van der Waals surface area contributed by atoms with Crippen molar-refractivity contribution in [1.29, 1.82) is 0 Å². The van der Waals surface area contributed by atoms with Crippen molar-refractivity contribution < 1.29 is 27.5 Å². The SMILES string of the molecule is CCC(OC(=O)c1ccc2nc(-c3ccc(C)cc3)[nH]c2c1)C(=O)Nc1ccc(S(=O)(=O)NC(C)=O)cc1. The van der Waals surface area contributed by atoms with E-state index in [0.717, 1.165) is 18.1 Å². The predicted molar refractivity (Wildman–Crippen MR) is 142 cm³/mol. The normalized spacial score (nSPS) is 12.1. The van der Waals surface area contributed by atoms with E-state index in [-0.39, 0.29) is 16.9 Å². The minimum atomic E-state index is -3.99. The number of H-pyrrole nitrogens is 1. The van der Waals surface area contributed by atoms with Crippen LogP contribution >= 0.6 is 0 Å². The fraction of sp³-hybridized carbons (Fsp3) is 0.185. The van der Waals surface area contributed by atoms with E-state index in [4.69, 9.17) is 4.74 Å². The van der Waals surface area contributed by atoms with E-state index in [1.165, 1.54) is 24.3 Å². The Morgan fingerprint density at radius 3 is 2.32 bits per heavy atom. The van der Waals surface area contributed by atoms with E-state index in [9.17, 15) is 22.8 Å². The van der Waals surface area contributed by atoms with Gasteiger partial charge in [0.1, 0.15) is 5.82 Å². The first-order chi connectivity index (χ1) is 18.1. The van der Waals surface area contributed by atoms with Crippen molar-refractivity contribution in [2.75, 3.05) is 5.32 Å². The molecule has 3 aromatic carbocycles. The van der Waals surface area contributed by atoms with E-state index in [0.29, 0.717) is 22.5 Å². The number of esters is 1. The van der Waals surface area contributed by atoms with Crippen LogP contribution in [0.5, 0.6) is 0 Å². The van der Waals surface area contributed by atoms with Crippen LogP contribution in [0.2, 0.25) is 0 Å². The molecule has 11 heteroatoms. The highest BCUT2D eigenvalue weighted by Crippen LogP contribution is 2.22.